The Morgan fingerprint density at radius 1 is 1.45 bits per heavy atom. The van der Waals surface area contributed by atoms with Gasteiger partial charge in [0.15, 0.2) is 5.11 Å². The molecule has 1 aromatic rings. The average molecular weight is 294 g/mol. The first kappa shape index (κ1) is 14.6. The fourth-order valence-corrected chi connectivity index (χ4v) is 2.26. The van der Waals surface area contributed by atoms with Crippen LogP contribution < -0.4 is 15.4 Å². The van der Waals surface area contributed by atoms with Crippen molar-refractivity contribution in [3.63, 3.8) is 0 Å². The van der Waals surface area contributed by atoms with E-state index < -0.39 is 0 Å². The standard InChI is InChI=1S/C14H18N2O3S/c1-3-18-11-6-4-10(5-7-11)15-14(20)16-12-8-9(2)19-13(12)17/h4-7,9,12H,3,8H2,1-2H3,(H2,15,16,20)/t9-,12-/m0/s1. The van der Waals surface area contributed by atoms with E-state index in [4.69, 9.17) is 21.7 Å². The van der Waals surface area contributed by atoms with Gasteiger partial charge in [-0.1, -0.05) is 0 Å². The number of carbonyl (C=O) groups is 1. The number of hydrogen-bond donors (Lipinski definition) is 2. The third-order valence-electron chi connectivity index (χ3n) is 2.90. The third kappa shape index (κ3) is 3.84. The third-order valence-corrected chi connectivity index (χ3v) is 3.12. The summed E-state index contributed by atoms with van der Waals surface area (Å²) in [5.41, 5.74) is 0.838. The highest BCUT2D eigenvalue weighted by Crippen LogP contribution is 2.17. The van der Waals surface area contributed by atoms with Gasteiger partial charge in [0.2, 0.25) is 0 Å². The van der Waals surface area contributed by atoms with Gasteiger partial charge in [0.05, 0.1) is 6.61 Å². The lowest BCUT2D eigenvalue weighted by atomic mass is 10.2. The van der Waals surface area contributed by atoms with Crippen LogP contribution in [0.4, 0.5) is 5.69 Å². The predicted octanol–water partition coefficient (Wildman–Crippen LogP) is 2.08. The maximum atomic E-state index is 11.5. The number of ether oxygens (including phenoxy) is 2. The Labute approximate surface area is 123 Å². The molecule has 5 nitrogen and oxygen atoms in total. The van der Waals surface area contributed by atoms with Crippen LogP contribution in [0, 0.1) is 0 Å². The van der Waals surface area contributed by atoms with Gasteiger partial charge in [0, 0.05) is 12.1 Å². The summed E-state index contributed by atoms with van der Waals surface area (Å²) < 4.78 is 10.4. The number of carbonyl (C=O) groups excluding carboxylic acids is 1. The van der Waals surface area contributed by atoms with Crippen LogP contribution in [0.1, 0.15) is 20.3 Å². The number of esters is 1. The number of hydrogen-bond acceptors (Lipinski definition) is 4. The summed E-state index contributed by atoms with van der Waals surface area (Å²) in [6.07, 6.45) is 0.567. The molecule has 2 rings (SSSR count). The minimum Gasteiger partial charge on any atom is -0.494 e. The Bertz CT molecular complexity index is 490. The van der Waals surface area contributed by atoms with Gasteiger partial charge in [-0.3, -0.25) is 0 Å². The van der Waals surface area contributed by atoms with Crippen LogP contribution in [-0.4, -0.2) is 29.8 Å². The molecule has 0 aromatic heterocycles. The van der Waals surface area contributed by atoms with Crippen molar-refractivity contribution in [2.24, 2.45) is 0 Å². The molecule has 0 unspecified atom stereocenters. The zero-order valence-corrected chi connectivity index (χ0v) is 12.3. The maximum Gasteiger partial charge on any atom is 0.329 e. The van der Waals surface area contributed by atoms with Crippen LogP contribution in [-0.2, 0) is 9.53 Å². The molecule has 0 amide bonds. The first-order valence-electron chi connectivity index (χ1n) is 6.59. The van der Waals surface area contributed by atoms with Crippen molar-refractivity contribution in [3.05, 3.63) is 24.3 Å². The molecule has 0 aliphatic carbocycles. The molecule has 1 aliphatic rings. The highest BCUT2D eigenvalue weighted by molar-refractivity contribution is 7.80. The SMILES string of the molecule is CCOc1ccc(NC(=S)N[C@H]2C[C@H](C)OC2=O)cc1. The number of thiocarbonyl (C=S) groups is 1. The molecule has 2 N–H and O–H groups in total. The first-order chi connectivity index (χ1) is 9.58. The topological polar surface area (TPSA) is 59.6 Å². The molecule has 108 valence electrons. The molecule has 20 heavy (non-hydrogen) atoms. The highest BCUT2D eigenvalue weighted by atomic mass is 32.1. The molecule has 1 aliphatic heterocycles. The summed E-state index contributed by atoms with van der Waals surface area (Å²) in [7, 11) is 0. The second-order valence-electron chi connectivity index (χ2n) is 4.59. The quantitative estimate of drug-likeness (QED) is 0.655. The van der Waals surface area contributed by atoms with Crippen LogP contribution in [0.15, 0.2) is 24.3 Å². The Kier molecular flexibility index (Phi) is 4.79. The Morgan fingerprint density at radius 3 is 2.70 bits per heavy atom. The average Bonchev–Trinajstić information content (AvgIpc) is 2.70. The van der Waals surface area contributed by atoms with Crippen LogP contribution in [0.2, 0.25) is 0 Å². The van der Waals surface area contributed by atoms with E-state index in [-0.39, 0.29) is 18.1 Å². The van der Waals surface area contributed by atoms with Gasteiger partial charge in [0.25, 0.3) is 0 Å². The van der Waals surface area contributed by atoms with Crippen LogP contribution >= 0.6 is 12.2 Å². The van der Waals surface area contributed by atoms with Gasteiger partial charge in [-0.25, -0.2) is 4.79 Å². The number of rotatable bonds is 4. The van der Waals surface area contributed by atoms with Crippen LogP contribution in [0.3, 0.4) is 0 Å². The smallest absolute Gasteiger partial charge is 0.329 e. The van der Waals surface area contributed by atoms with Crippen molar-refractivity contribution in [2.45, 2.75) is 32.4 Å². The lowest BCUT2D eigenvalue weighted by Crippen LogP contribution is -2.40. The van der Waals surface area contributed by atoms with Gasteiger partial charge in [0.1, 0.15) is 17.9 Å². The largest absolute Gasteiger partial charge is 0.494 e. The second kappa shape index (κ2) is 6.56. The summed E-state index contributed by atoms with van der Waals surface area (Å²) in [6, 6.07) is 7.09. The normalized spacial score (nSPS) is 21.2. The summed E-state index contributed by atoms with van der Waals surface area (Å²) >= 11 is 5.19. The molecule has 2 atom stereocenters. The van der Waals surface area contributed by atoms with E-state index in [1.54, 1.807) is 0 Å². The molecule has 1 aromatic carbocycles. The fourth-order valence-electron chi connectivity index (χ4n) is 2.00. The van der Waals surface area contributed by atoms with Crippen LogP contribution in [0.5, 0.6) is 5.75 Å². The number of cyclic esters (lactones) is 1. The van der Waals surface area contributed by atoms with E-state index in [0.29, 0.717) is 18.1 Å². The van der Waals surface area contributed by atoms with Crippen molar-refractivity contribution in [1.82, 2.24) is 5.32 Å². The number of benzene rings is 1. The lowest BCUT2D eigenvalue weighted by Gasteiger charge is -2.13. The van der Waals surface area contributed by atoms with Crippen molar-refractivity contribution in [1.29, 1.82) is 0 Å². The number of anilines is 1. The van der Waals surface area contributed by atoms with Crippen molar-refractivity contribution >= 4 is 29.0 Å². The molecule has 1 heterocycles. The van der Waals surface area contributed by atoms with E-state index in [9.17, 15) is 4.79 Å². The van der Waals surface area contributed by atoms with Crippen molar-refractivity contribution in [3.8, 4) is 5.75 Å². The highest BCUT2D eigenvalue weighted by Gasteiger charge is 2.32. The molecule has 0 spiro atoms. The minimum atomic E-state index is -0.368. The summed E-state index contributed by atoms with van der Waals surface area (Å²) in [6.45, 7) is 4.43. The lowest BCUT2D eigenvalue weighted by molar-refractivity contribution is -0.142. The van der Waals surface area contributed by atoms with Crippen molar-refractivity contribution < 1.29 is 14.3 Å². The van der Waals surface area contributed by atoms with E-state index in [2.05, 4.69) is 10.6 Å². The van der Waals surface area contributed by atoms with Crippen LogP contribution in [0.25, 0.3) is 0 Å². The first-order valence-corrected chi connectivity index (χ1v) is 7.00. The monoisotopic (exact) mass is 294 g/mol. The maximum absolute atomic E-state index is 11.5. The summed E-state index contributed by atoms with van der Waals surface area (Å²) in [5, 5.41) is 6.40. The van der Waals surface area contributed by atoms with Gasteiger partial charge in [-0.15, -0.1) is 0 Å². The molecule has 1 fully saturated rings. The van der Waals surface area contributed by atoms with Gasteiger partial charge >= 0.3 is 5.97 Å². The zero-order valence-electron chi connectivity index (χ0n) is 11.5. The molecule has 0 saturated carbocycles. The molecular weight excluding hydrogens is 276 g/mol. The van der Waals surface area contributed by atoms with E-state index in [0.717, 1.165) is 11.4 Å². The minimum absolute atomic E-state index is 0.0618. The van der Waals surface area contributed by atoms with Gasteiger partial charge < -0.3 is 20.1 Å². The van der Waals surface area contributed by atoms with E-state index in [1.165, 1.54) is 0 Å². The zero-order chi connectivity index (χ0) is 14.5. The predicted molar refractivity (Wildman–Crippen MR) is 80.9 cm³/mol. The number of nitrogens with one attached hydrogen (secondary N) is 2. The van der Waals surface area contributed by atoms with Gasteiger partial charge in [-0.05, 0) is 50.3 Å². The second-order valence-corrected chi connectivity index (χ2v) is 5.00. The van der Waals surface area contributed by atoms with Crippen molar-refractivity contribution in [2.75, 3.05) is 11.9 Å². The summed E-state index contributed by atoms with van der Waals surface area (Å²) in [4.78, 5) is 11.5. The Morgan fingerprint density at radius 2 is 2.15 bits per heavy atom. The van der Waals surface area contributed by atoms with E-state index >= 15 is 0 Å². The van der Waals surface area contributed by atoms with Gasteiger partial charge in [-0.2, -0.15) is 0 Å². The van der Waals surface area contributed by atoms with E-state index in [1.807, 2.05) is 38.1 Å². The Hall–Kier alpha value is -1.82. The Balaban J connectivity index is 1.86. The molecular formula is C14H18N2O3S. The fraction of sp³-hybridized carbons (Fsp3) is 0.429. The molecule has 6 heteroatoms. The summed E-state index contributed by atoms with van der Waals surface area (Å²) in [5.74, 6) is 0.554. The molecule has 0 radical (unpaired) electrons. The molecule has 1 saturated heterocycles. The molecule has 0 bridgehead atoms.